The third kappa shape index (κ3) is 8.13. The van der Waals surface area contributed by atoms with Gasteiger partial charge in [0.05, 0.1) is 4.70 Å². The SMILES string of the molecule is Cc1ccc(CCN(CCC(=O)NCCNCCc2ccc(O)c3[nH]c(=O)sc23)C2CCOCC2)cc1. The lowest BCUT2D eigenvalue weighted by atomic mass is 10.0. The number of ether oxygens (including phenoxy) is 1. The minimum absolute atomic E-state index is 0.0755. The number of carbonyl (C=O) groups excluding carboxylic acids is 1. The van der Waals surface area contributed by atoms with Crippen LogP contribution >= 0.6 is 11.3 Å². The van der Waals surface area contributed by atoms with Crippen molar-refractivity contribution in [1.82, 2.24) is 20.5 Å². The summed E-state index contributed by atoms with van der Waals surface area (Å²) in [6, 6.07) is 12.6. The Morgan fingerprint density at radius 1 is 1.08 bits per heavy atom. The number of benzene rings is 2. The highest BCUT2D eigenvalue weighted by Gasteiger charge is 2.22. The molecule has 0 bridgehead atoms. The van der Waals surface area contributed by atoms with E-state index in [1.165, 1.54) is 11.1 Å². The lowest BCUT2D eigenvalue weighted by Crippen LogP contribution is -2.43. The van der Waals surface area contributed by atoms with Crippen molar-refractivity contribution in [2.45, 2.75) is 45.1 Å². The summed E-state index contributed by atoms with van der Waals surface area (Å²) in [5.41, 5.74) is 4.13. The molecule has 1 amide bonds. The number of thiazole rings is 1. The molecule has 8 nitrogen and oxygen atoms in total. The molecule has 0 spiro atoms. The first-order chi connectivity index (χ1) is 18.0. The summed E-state index contributed by atoms with van der Waals surface area (Å²) < 4.78 is 6.36. The summed E-state index contributed by atoms with van der Waals surface area (Å²) in [7, 11) is 0. The van der Waals surface area contributed by atoms with Gasteiger partial charge in [0, 0.05) is 51.9 Å². The van der Waals surface area contributed by atoms with Crippen molar-refractivity contribution < 1.29 is 14.6 Å². The van der Waals surface area contributed by atoms with Crippen molar-refractivity contribution >= 4 is 27.5 Å². The maximum atomic E-state index is 12.5. The summed E-state index contributed by atoms with van der Waals surface area (Å²) in [6.07, 6.45) is 4.25. The Morgan fingerprint density at radius 3 is 2.65 bits per heavy atom. The molecule has 1 saturated heterocycles. The van der Waals surface area contributed by atoms with E-state index in [-0.39, 0.29) is 16.5 Å². The van der Waals surface area contributed by atoms with E-state index in [0.29, 0.717) is 31.1 Å². The number of nitrogens with one attached hydrogen (secondary N) is 3. The van der Waals surface area contributed by atoms with Crippen molar-refractivity contribution in [2.24, 2.45) is 0 Å². The molecule has 9 heteroatoms. The largest absolute Gasteiger partial charge is 0.506 e. The maximum Gasteiger partial charge on any atom is 0.305 e. The predicted octanol–water partition coefficient (Wildman–Crippen LogP) is 2.97. The molecule has 2 aromatic carbocycles. The van der Waals surface area contributed by atoms with Crippen molar-refractivity contribution in [3.05, 3.63) is 62.8 Å². The van der Waals surface area contributed by atoms with E-state index >= 15 is 0 Å². The molecule has 0 atom stereocenters. The van der Waals surface area contributed by atoms with Crippen LogP contribution in [0.1, 0.15) is 36.0 Å². The fourth-order valence-corrected chi connectivity index (χ4v) is 5.69. The van der Waals surface area contributed by atoms with Gasteiger partial charge in [-0.05, 0) is 56.3 Å². The Labute approximate surface area is 222 Å². The number of phenolic OH excluding ortho intramolecular Hbond substituents is 1. The third-order valence-corrected chi connectivity index (χ3v) is 7.93. The zero-order valence-electron chi connectivity index (χ0n) is 21.6. The Kier molecular flexibility index (Phi) is 10.1. The number of aromatic nitrogens is 1. The molecule has 0 aliphatic carbocycles. The summed E-state index contributed by atoms with van der Waals surface area (Å²) in [5, 5.41) is 16.3. The number of H-pyrrole nitrogens is 1. The van der Waals surface area contributed by atoms with Gasteiger partial charge in [-0.15, -0.1) is 0 Å². The van der Waals surface area contributed by atoms with Crippen LogP contribution < -0.4 is 15.5 Å². The number of carbonyl (C=O) groups is 1. The zero-order chi connectivity index (χ0) is 26.0. The van der Waals surface area contributed by atoms with E-state index in [0.717, 1.165) is 80.1 Å². The highest BCUT2D eigenvalue weighted by Crippen LogP contribution is 2.27. The Bertz CT molecular complexity index is 1200. The molecule has 1 aromatic heterocycles. The Morgan fingerprint density at radius 2 is 1.86 bits per heavy atom. The van der Waals surface area contributed by atoms with Crippen LogP contribution in [0.4, 0.5) is 0 Å². The molecule has 0 saturated carbocycles. The Hall–Kier alpha value is -2.72. The molecule has 1 aliphatic rings. The van der Waals surface area contributed by atoms with Gasteiger partial charge in [0.15, 0.2) is 0 Å². The molecule has 1 fully saturated rings. The highest BCUT2D eigenvalue weighted by molar-refractivity contribution is 7.16. The van der Waals surface area contributed by atoms with Crippen LogP contribution in [0.5, 0.6) is 5.75 Å². The Balaban J connectivity index is 1.16. The molecule has 0 unspecified atom stereocenters. The fraction of sp³-hybridized carbons (Fsp3) is 0.500. The molecule has 1 aliphatic heterocycles. The van der Waals surface area contributed by atoms with Crippen LogP contribution in [0.3, 0.4) is 0 Å². The highest BCUT2D eigenvalue weighted by atomic mass is 32.1. The second-order valence-electron chi connectivity index (χ2n) is 9.68. The first-order valence-corrected chi connectivity index (χ1v) is 14.0. The first-order valence-electron chi connectivity index (χ1n) is 13.2. The monoisotopic (exact) mass is 526 g/mol. The number of hydrogen-bond acceptors (Lipinski definition) is 7. The van der Waals surface area contributed by atoms with Crippen LogP contribution in [0.15, 0.2) is 41.2 Å². The second-order valence-corrected chi connectivity index (χ2v) is 10.7. The minimum Gasteiger partial charge on any atom is -0.506 e. The third-order valence-electron chi connectivity index (χ3n) is 6.98. The fourth-order valence-electron chi connectivity index (χ4n) is 4.80. The molecule has 3 aromatic rings. The normalized spacial score (nSPS) is 14.4. The van der Waals surface area contributed by atoms with Gasteiger partial charge in [0.2, 0.25) is 5.91 Å². The summed E-state index contributed by atoms with van der Waals surface area (Å²) in [4.78, 5) is 29.2. The van der Waals surface area contributed by atoms with Gasteiger partial charge in [0.1, 0.15) is 11.3 Å². The maximum absolute atomic E-state index is 12.5. The van der Waals surface area contributed by atoms with Crippen LogP contribution in [0.25, 0.3) is 10.2 Å². The topological polar surface area (TPSA) is 107 Å². The number of rotatable bonds is 13. The van der Waals surface area contributed by atoms with Crippen molar-refractivity contribution in [1.29, 1.82) is 0 Å². The molecular weight excluding hydrogens is 488 g/mol. The van der Waals surface area contributed by atoms with E-state index < -0.39 is 0 Å². The number of amides is 1. The van der Waals surface area contributed by atoms with Crippen molar-refractivity contribution in [3.63, 3.8) is 0 Å². The van der Waals surface area contributed by atoms with E-state index in [9.17, 15) is 14.7 Å². The van der Waals surface area contributed by atoms with Crippen LogP contribution in [-0.2, 0) is 22.4 Å². The van der Waals surface area contributed by atoms with Gasteiger partial charge in [0.25, 0.3) is 0 Å². The van der Waals surface area contributed by atoms with Crippen LogP contribution in [-0.4, -0.2) is 72.9 Å². The van der Waals surface area contributed by atoms with Crippen LogP contribution in [0.2, 0.25) is 0 Å². The van der Waals surface area contributed by atoms with Gasteiger partial charge >= 0.3 is 4.87 Å². The number of phenols is 1. The number of fused-ring (bicyclic) bond motifs is 1. The minimum atomic E-state index is -0.168. The first kappa shape index (κ1) is 27.3. The number of hydrogen-bond donors (Lipinski definition) is 4. The van der Waals surface area contributed by atoms with Gasteiger partial charge in [-0.3, -0.25) is 14.5 Å². The van der Waals surface area contributed by atoms with E-state index in [1.807, 2.05) is 6.07 Å². The smallest absolute Gasteiger partial charge is 0.305 e. The summed E-state index contributed by atoms with van der Waals surface area (Å²) >= 11 is 1.12. The van der Waals surface area contributed by atoms with E-state index in [2.05, 4.69) is 51.7 Å². The molecule has 4 N–H and O–H groups in total. The van der Waals surface area contributed by atoms with Crippen molar-refractivity contribution in [2.75, 3.05) is 45.9 Å². The standard InChI is InChI=1S/C28H38N4O4S/c1-20-2-4-21(5-3-20)9-16-32(23-11-18-36-19-12-23)17-10-25(34)30-15-14-29-13-8-22-6-7-24(33)26-27(22)37-28(35)31-26/h2-7,23,29,33H,8-19H2,1H3,(H,30,34)(H,31,35). The quantitative estimate of drug-likeness (QED) is 0.255. The van der Waals surface area contributed by atoms with E-state index in [1.54, 1.807) is 6.07 Å². The number of aromatic amines is 1. The lowest BCUT2D eigenvalue weighted by Gasteiger charge is -2.34. The van der Waals surface area contributed by atoms with Crippen LogP contribution in [0, 0.1) is 6.92 Å². The zero-order valence-corrected chi connectivity index (χ0v) is 22.4. The predicted molar refractivity (Wildman–Crippen MR) is 149 cm³/mol. The van der Waals surface area contributed by atoms with Crippen molar-refractivity contribution in [3.8, 4) is 5.75 Å². The molecular formula is C28H38N4O4S. The van der Waals surface area contributed by atoms with Gasteiger partial charge in [-0.2, -0.15) is 0 Å². The molecule has 200 valence electrons. The average molecular weight is 527 g/mol. The summed E-state index contributed by atoms with van der Waals surface area (Å²) in [5.74, 6) is 0.171. The number of aryl methyl sites for hydroxylation is 1. The van der Waals surface area contributed by atoms with E-state index in [4.69, 9.17) is 4.74 Å². The van der Waals surface area contributed by atoms with Gasteiger partial charge < -0.3 is 25.5 Å². The molecule has 2 heterocycles. The lowest BCUT2D eigenvalue weighted by molar-refractivity contribution is -0.121. The molecule has 4 rings (SSSR count). The summed E-state index contributed by atoms with van der Waals surface area (Å²) in [6.45, 7) is 7.36. The average Bonchev–Trinajstić information content (AvgIpc) is 3.31. The number of nitrogens with zero attached hydrogens (tertiary/aromatic N) is 1. The number of aromatic hydroxyl groups is 1. The molecule has 0 radical (unpaired) electrons. The van der Waals surface area contributed by atoms with Gasteiger partial charge in [-0.1, -0.05) is 47.2 Å². The second kappa shape index (κ2) is 13.7. The van der Waals surface area contributed by atoms with Gasteiger partial charge in [-0.25, -0.2) is 0 Å². The molecule has 37 heavy (non-hydrogen) atoms.